The lowest BCUT2D eigenvalue weighted by Crippen LogP contribution is -2.28. The zero-order valence-electron chi connectivity index (χ0n) is 17.5. The van der Waals surface area contributed by atoms with Gasteiger partial charge in [-0.1, -0.05) is 19.3 Å². The van der Waals surface area contributed by atoms with Crippen molar-refractivity contribution in [3.05, 3.63) is 48.3 Å². The first-order valence-corrected chi connectivity index (χ1v) is 10.7. The van der Waals surface area contributed by atoms with Crippen LogP contribution in [0.25, 0.3) is 0 Å². The summed E-state index contributed by atoms with van der Waals surface area (Å²) in [6.07, 6.45) is 11.4. The van der Waals surface area contributed by atoms with Crippen LogP contribution in [0.3, 0.4) is 0 Å². The lowest BCUT2D eigenvalue weighted by Gasteiger charge is -2.15. The number of rotatable bonds is 9. The molecule has 3 N–H and O–H groups in total. The molecule has 2 aromatic heterocycles. The van der Waals surface area contributed by atoms with E-state index >= 15 is 0 Å². The lowest BCUT2D eigenvalue weighted by atomic mass is 10.00. The summed E-state index contributed by atoms with van der Waals surface area (Å²) in [5.74, 6) is 0.370. The Balaban J connectivity index is 1.30. The standard InChI is InChI=1S/C22H28FN7O/c23-20-14-18(8-12-26-20)29-22(28-16-24)27-10-4-2-1-3-6-17-9-13-30(15-17)21(31)19-7-5-11-25-19/h5,7-8,11-12,14,17,25H,1-4,6,9-10,13,15H2,(H2,26,27,28,29). The van der Waals surface area contributed by atoms with Crippen LogP contribution in [0.5, 0.6) is 0 Å². The van der Waals surface area contributed by atoms with Gasteiger partial charge in [-0.3, -0.25) is 15.1 Å². The minimum Gasteiger partial charge on any atom is -0.357 e. The van der Waals surface area contributed by atoms with E-state index in [4.69, 9.17) is 5.26 Å². The Kier molecular flexibility index (Phi) is 8.40. The number of nitrogens with one attached hydrogen (secondary N) is 3. The molecule has 1 amide bonds. The number of aliphatic imine (C=N–C) groups is 1. The van der Waals surface area contributed by atoms with Crippen molar-refractivity contribution in [1.29, 1.82) is 5.26 Å². The molecule has 3 rings (SSSR count). The fourth-order valence-corrected chi connectivity index (χ4v) is 3.76. The van der Waals surface area contributed by atoms with E-state index in [1.54, 1.807) is 12.3 Å². The smallest absolute Gasteiger partial charge is 0.270 e. The average molecular weight is 426 g/mol. The molecule has 0 bridgehead atoms. The van der Waals surface area contributed by atoms with Crippen LogP contribution in [0.4, 0.5) is 10.1 Å². The van der Waals surface area contributed by atoms with Gasteiger partial charge in [-0.25, -0.2) is 4.98 Å². The third kappa shape index (κ3) is 7.10. The zero-order valence-corrected chi connectivity index (χ0v) is 17.5. The number of hydrogen-bond acceptors (Lipinski definition) is 4. The summed E-state index contributed by atoms with van der Waals surface area (Å²) in [7, 11) is 0. The monoisotopic (exact) mass is 425 g/mol. The third-order valence-electron chi connectivity index (χ3n) is 5.36. The molecular formula is C22H28FN7O. The van der Waals surface area contributed by atoms with E-state index in [2.05, 4.69) is 25.6 Å². The van der Waals surface area contributed by atoms with Crippen molar-refractivity contribution < 1.29 is 9.18 Å². The van der Waals surface area contributed by atoms with Crippen LogP contribution >= 0.6 is 0 Å². The van der Waals surface area contributed by atoms with Crippen molar-refractivity contribution in [3.8, 4) is 6.19 Å². The van der Waals surface area contributed by atoms with E-state index in [1.165, 1.54) is 12.3 Å². The molecule has 1 atom stereocenters. The van der Waals surface area contributed by atoms with Gasteiger partial charge in [-0.15, -0.1) is 0 Å². The van der Waals surface area contributed by atoms with Crippen LogP contribution in [0, 0.1) is 23.3 Å². The molecule has 164 valence electrons. The molecule has 3 heterocycles. The minimum atomic E-state index is -0.597. The summed E-state index contributed by atoms with van der Waals surface area (Å²) in [6, 6.07) is 6.51. The molecule has 9 heteroatoms. The van der Waals surface area contributed by atoms with Crippen LogP contribution in [-0.2, 0) is 0 Å². The quantitative estimate of drug-likeness (QED) is 0.142. The number of guanidine groups is 1. The van der Waals surface area contributed by atoms with Crippen LogP contribution in [0.2, 0.25) is 0 Å². The molecule has 1 fully saturated rings. The highest BCUT2D eigenvalue weighted by atomic mass is 19.1. The Morgan fingerprint density at radius 3 is 3.00 bits per heavy atom. The molecule has 0 aliphatic carbocycles. The van der Waals surface area contributed by atoms with E-state index in [0.717, 1.165) is 51.6 Å². The number of aromatic nitrogens is 2. The summed E-state index contributed by atoms with van der Waals surface area (Å²) in [5, 5.41) is 14.2. The van der Waals surface area contributed by atoms with Crippen molar-refractivity contribution in [2.45, 2.75) is 38.5 Å². The lowest BCUT2D eigenvalue weighted by molar-refractivity contribution is 0.0781. The molecule has 2 aromatic rings. The predicted molar refractivity (Wildman–Crippen MR) is 117 cm³/mol. The number of nitriles is 1. The van der Waals surface area contributed by atoms with E-state index < -0.39 is 5.95 Å². The number of aromatic amines is 1. The van der Waals surface area contributed by atoms with Gasteiger partial charge in [0.25, 0.3) is 5.91 Å². The minimum absolute atomic E-state index is 0.0928. The van der Waals surface area contributed by atoms with Crippen LogP contribution < -0.4 is 10.6 Å². The van der Waals surface area contributed by atoms with E-state index in [9.17, 15) is 9.18 Å². The van der Waals surface area contributed by atoms with Gasteiger partial charge in [0.2, 0.25) is 11.9 Å². The summed E-state index contributed by atoms with van der Waals surface area (Å²) in [6.45, 7) is 2.25. The highest BCUT2D eigenvalue weighted by Crippen LogP contribution is 2.23. The molecule has 0 spiro atoms. The first kappa shape index (κ1) is 22.3. The maximum absolute atomic E-state index is 13.2. The molecule has 1 unspecified atom stereocenters. The second-order valence-corrected chi connectivity index (χ2v) is 7.65. The molecule has 1 aliphatic heterocycles. The molecular weight excluding hydrogens is 397 g/mol. The number of hydrogen-bond donors (Lipinski definition) is 3. The van der Waals surface area contributed by atoms with Crippen LogP contribution in [0.15, 0.2) is 41.7 Å². The number of unbranched alkanes of at least 4 members (excludes halogenated alkanes) is 3. The third-order valence-corrected chi connectivity index (χ3v) is 5.36. The van der Waals surface area contributed by atoms with Gasteiger partial charge in [0.15, 0.2) is 6.19 Å². The second kappa shape index (κ2) is 11.7. The molecule has 31 heavy (non-hydrogen) atoms. The molecule has 0 aromatic carbocycles. The highest BCUT2D eigenvalue weighted by molar-refractivity contribution is 5.94. The van der Waals surface area contributed by atoms with Crippen LogP contribution in [0.1, 0.15) is 49.0 Å². The average Bonchev–Trinajstić information content (AvgIpc) is 3.45. The van der Waals surface area contributed by atoms with E-state index in [-0.39, 0.29) is 5.91 Å². The van der Waals surface area contributed by atoms with Crippen LogP contribution in [-0.4, -0.2) is 46.4 Å². The molecule has 8 nitrogen and oxygen atoms in total. The first-order chi connectivity index (χ1) is 15.2. The zero-order chi connectivity index (χ0) is 21.9. The topological polar surface area (TPSA) is 109 Å². The summed E-state index contributed by atoms with van der Waals surface area (Å²) in [5.41, 5.74) is 1.14. The van der Waals surface area contributed by atoms with Gasteiger partial charge in [0.1, 0.15) is 5.69 Å². The van der Waals surface area contributed by atoms with Crippen molar-refractivity contribution in [3.63, 3.8) is 0 Å². The highest BCUT2D eigenvalue weighted by Gasteiger charge is 2.26. The Hall–Kier alpha value is -3.41. The Labute approximate surface area is 181 Å². The number of pyridine rings is 1. The van der Waals surface area contributed by atoms with Gasteiger partial charge in [-0.2, -0.15) is 9.65 Å². The number of likely N-dealkylation sites (tertiary alicyclic amines) is 1. The van der Waals surface area contributed by atoms with E-state index in [1.807, 2.05) is 23.2 Å². The number of carbonyl (C=O) groups is 1. The van der Waals surface area contributed by atoms with Gasteiger partial charge < -0.3 is 15.2 Å². The van der Waals surface area contributed by atoms with Crippen molar-refractivity contribution in [2.75, 3.05) is 25.0 Å². The van der Waals surface area contributed by atoms with Gasteiger partial charge >= 0.3 is 0 Å². The normalized spacial score (nSPS) is 16.2. The maximum Gasteiger partial charge on any atom is 0.270 e. The van der Waals surface area contributed by atoms with Gasteiger partial charge in [0, 0.05) is 43.8 Å². The largest absolute Gasteiger partial charge is 0.357 e. The molecule has 0 radical (unpaired) electrons. The number of anilines is 1. The first-order valence-electron chi connectivity index (χ1n) is 10.7. The van der Waals surface area contributed by atoms with E-state index in [0.29, 0.717) is 29.8 Å². The van der Waals surface area contributed by atoms with Gasteiger partial charge in [-0.05, 0) is 43.4 Å². The maximum atomic E-state index is 13.2. The summed E-state index contributed by atoms with van der Waals surface area (Å²) in [4.78, 5) is 25.1. The molecule has 1 aliphatic rings. The Morgan fingerprint density at radius 2 is 2.23 bits per heavy atom. The predicted octanol–water partition coefficient (Wildman–Crippen LogP) is 3.50. The Morgan fingerprint density at radius 1 is 1.35 bits per heavy atom. The Bertz CT molecular complexity index is 907. The fraction of sp³-hybridized carbons (Fsp3) is 0.455. The van der Waals surface area contributed by atoms with Crippen molar-refractivity contribution >= 4 is 17.6 Å². The van der Waals surface area contributed by atoms with Crippen molar-refractivity contribution in [2.24, 2.45) is 10.9 Å². The molecule has 0 saturated carbocycles. The number of carbonyl (C=O) groups excluding carboxylic acids is 1. The number of H-pyrrole nitrogens is 1. The van der Waals surface area contributed by atoms with Gasteiger partial charge in [0.05, 0.1) is 0 Å². The fourth-order valence-electron chi connectivity index (χ4n) is 3.76. The number of amides is 1. The number of nitrogens with zero attached hydrogens (tertiary/aromatic N) is 4. The second-order valence-electron chi connectivity index (χ2n) is 7.65. The number of halogens is 1. The SMILES string of the molecule is N#CNC(=NCCCCCCC1CCN(C(=O)c2ccc[nH]2)C1)Nc1ccnc(F)c1. The summed E-state index contributed by atoms with van der Waals surface area (Å²) >= 11 is 0. The summed E-state index contributed by atoms with van der Waals surface area (Å²) < 4.78 is 13.2. The van der Waals surface area contributed by atoms with Crippen molar-refractivity contribution in [1.82, 2.24) is 20.2 Å². The molecule has 1 saturated heterocycles.